The number of nitrogens with zero attached hydrogens (tertiary/aromatic N) is 2. The number of hydrogen-bond acceptors (Lipinski definition) is 4. The molecule has 3 aliphatic rings. The summed E-state index contributed by atoms with van der Waals surface area (Å²) >= 11 is 0. The summed E-state index contributed by atoms with van der Waals surface area (Å²) in [6, 6.07) is 6.56. The van der Waals surface area contributed by atoms with Crippen LogP contribution in [-0.2, 0) is 16.1 Å². The van der Waals surface area contributed by atoms with Gasteiger partial charge >= 0.3 is 6.61 Å². The van der Waals surface area contributed by atoms with Crippen molar-refractivity contribution < 1.29 is 23.1 Å². The van der Waals surface area contributed by atoms with E-state index in [9.17, 15) is 18.4 Å². The number of imide groups is 1. The van der Waals surface area contributed by atoms with Crippen LogP contribution in [0, 0.1) is 23.7 Å². The fraction of sp³-hybridized carbons (Fsp3) is 0.500. The zero-order chi connectivity index (χ0) is 22.0. The molecule has 7 nitrogen and oxygen atoms in total. The smallest absolute Gasteiger partial charge is 0.387 e. The molecule has 2 aliphatic carbocycles. The van der Waals surface area contributed by atoms with E-state index in [1.165, 1.54) is 11.0 Å². The first-order chi connectivity index (χ1) is 15.0. The summed E-state index contributed by atoms with van der Waals surface area (Å²) in [6.45, 7) is -1.75. The first kappa shape index (κ1) is 24.4. The number of aliphatic imine (C=N–C) groups is 1. The maximum absolute atomic E-state index is 12.7. The summed E-state index contributed by atoms with van der Waals surface area (Å²) in [4.78, 5) is 30.9. The zero-order valence-electron chi connectivity index (χ0n) is 17.7. The summed E-state index contributed by atoms with van der Waals surface area (Å²) in [6.07, 6.45) is 5.69. The quantitative estimate of drug-likeness (QED) is 0.128. The molecule has 1 aromatic carbocycles. The summed E-state index contributed by atoms with van der Waals surface area (Å²) < 4.78 is 29.6. The average Bonchev–Trinajstić information content (AvgIpc) is 3.43. The number of rotatable bonds is 8. The molecule has 2 N–H and O–H groups in total. The predicted molar refractivity (Wildman–Crippen MR) is 126 cm³/mol. The zero-order valence-corrected chi connectivity index (χ0v) is 20.0. The minimum Gasteiger partial charge on any atom is -0.434 e. The molecule has 1 saturated carbocycles. The predicted octanol–water partition coefficient (Wildman–Crippen LogP) is 2.77. The van der Waals surface area contributed by atoms with Gasteiger partial charge < -0.3 is 15.4 Å². The summed E-state index contributed by atoms with van der Waals surface area (Å²) in [5, 5.41) is 6.18. The topological polar surface area (TPSA) is 83.0 Å². The number of benzene rings is 1. The normalized spacial score (nSPS) is 25.9. The van der Waals surface area contributed by atoms with Crippen molar-refractivity contribution in [3.63, 3.8) is 0 Å². The molecule has 2 fully saturated rings. The molecule has 32 heavy (non-hydrogen) atoms. The molecular formula is C22H27F2IN4O3. The van der Waals surface area contributed by atoms with Gasteiger partial charge in [-0.15, -0.1) is 24.0 Å². The summed E-state index contributed by atoms with van der Waals surface area (Å²) in [5.74, 6) is 0.630. The number of fused-ring (bicyclic) bond motifs is 5. The van der Waals surface area contributed by atoms with Crippen molar-refractivity contribution in [2.75, 3.05) is 20.1 Å². The van der Waals surface area contributed by atoms with Gasteiger partial charge in [0, 0.05) is 32.2 Å². The highest BCUT2D eigenvalue weighted by molar-refractivity contribution is 14.0. The van der Waals surface area contributed by atoms with Gasteiger partial charge in [0.1, 0.15) is 5.75 Å². The van der Waals surface area contributed by atoms with Gasteiger partial charge in [0.2, 0.25) is 11.8 Å². The first-order valence-electron chi connectivity index (χ1n) is 10.5. The van der Waals surface area contributed by atoms with Crippen molar-refractivity contribution in [2.45, 2.75) is 26.0 Å². The van der Waals surface area contributed by atoms with Crippen molar-refractivity contribution in [3.05, 3.63) is 42.0 Å². The largest absolute Gasteiger partial charge is 0.434 e. The van der Waals surface area contributed by atoms with Crippen LogP contribution in [-0.4, -0.2) is 49.4 Å². The summed E-state index contributed by atoms with van der Waals surface area (Å²) in [7, 11) is 1.61. The van der Waals surface area contributed by atoms with Gasteiger partial charge in [-0.25, -0.2) is 0 Å². The Bertz CT molecular complexity index is 881. The Morgan fingerprint density at radius 1 is 1.16 bits per heavy atom. The molecule has 0 aromatic heterocycles. The molecule has 4 unspecified atom stereocenters. The monoisotopic (exact) mass is 560 g/mol. The lowest BCUT2D eigenvalue weighted by Crippen LogP contribution is -2.39. The molecule has 0 radical (unpaired) electrons. The third-order valence-corrected chi connectivity index (χ3v) is 6.27. The fourth-order valence-electron chi connectivity index (χ4n) is 4.89. The van der Waals surface area contributed by atoms with Gasteiger partial charge in [-0.05, 0) is 30.7 Å². The molecule has 2 bridgehead atoms. The highest BCUT2D eigenvalue weighted by atomic mass is 127. The SMILES string of the molecule is CN=C(NCCCN1C(=O)C2C3C=CC(C3)C2C1=O)NCc1ccccc1OC(F)F.I. The number of carbonyl (C=O) groups is 2. The van der Waals surface area contributed by atoms with Gasteiger partial charge in [-0.2, -0.15) is 8.78 Å². The highest BCUT2D eigenvalue weighted by Crippen LogP contribution is 2.52. The van der Waals surface area contributed by atoms with E-state index in [0.717, 1.165) is 6.42 Å². The van der Waals surface area contributed by atoms with Crippen LogP contribution < -0.4 is 15.4 Å². The maximum atomic E-state index is 12.7. The third-order valence-electron chi connectivity index (χ3n) is 6.27. The van der Waals surface area contributed by atoms with Crippen molar-refractivity contribution in [3.8, 4) is 5.75 Å². The molecular weight excluding hydrogens is 533 g/mol. The number of ether oxygens (including phenoxy) is 1. The van der Waals surface area contributed by atoms with E-state index in [4.69, 9.17) is 0 Å². The van der Waals surface area contributed by atoms with E-state index in [2.05, 4.69) is 32.5 Å². The molecule has 4 atom stereocenters. The minimum absolute atomic E-state index is 0. The average molecular weight is 560 g/mol. The van der Waals surface area contributed by atoms with Crippen molar-refractivity contribution in [1.29, 1.82) is 0 Å². The Morgan fingerprint density at radius 2 is 1.81 bits per heavy atom. The Morgan fingerprint density at radius 3 is 2.44 bits per heavy atom. The van der Waals surface area contributed by atoms with Gasteiger partial charge in [0.25, 0.3) is 0 Å². The molecule has 174 valence electrons. The molecule has 1 aliphatic heterocycles. The second-order valence-corrected chi connectivity index (χ2v) is 8.02. The number of nitrogens with one attached hydrogen (secondary N) is 2. The van der Waals surface area contributed by atoms with Gasteiger partial charge in [0.05, 0.1) is 11.8 Å². The number of allylic oxidation sites excluding steroid dienone is 2. The van der Waals surface area contributed by atoms with E-state index in [0.29, 0.717) is 31.0 Å². The molecule has 10 heteroatoms. The van der Waals surface area contributed by atoms with Gasteiger partial charge in [0.15, 0.2) is 5.96 Å². The minimum atomic E-state index is -2.89. The number of para-hydroxylation sites is 1. The number of guanidine groups is 1. The van der Waals surface area contributed by atoms with Crippen LogP contribution in [0.1, 0.15) is 18.4 Å². The van der Waals surface area contributed by atoms with Crippen LogP contribution >= 0.6 is 24.0 Å². The Balaban J connectivity index is 0.00000289. The lowest BCUT2D eigenvalue weighted by Gasteiger charge is -2.18. The molecule has 1 saturated heterocycles. The number of likely N-dealkylation sites (tertiary alicyclic amines) is 1. The Kier molecular flexibility index (Phi) is 8.07. The molecule has 1 aromatic rings. The molecule has 4 rings (SSSR count). The lowest BCUT2D eigenvalue weighted by atomic mass is 9.85. The standard InChI is InChI=1S/C22H26F2N4O3.HI/c1-25-22(27-12-15-5-2-3-6-16(15)31-21(23)24)26-9-4-10-28-19(29)17-13-7-8-14(11-13)18(17)20(28)30;/h2-3,5-8,13-14,17-18,21H,4,9-12H2,1H3,(H2,25,26,27);1H. The van der Waals surface area contributed by atoms with Gasteiger partial charge in [-0.3, -0.25) is 19.5 Å². The van der Waals surface area contributed by atoms with E-state index >= 15 is 0 Å². The third kappa shape index (κ3) is 4.89. The van der Waals surface area contributed by atoms with E-state index in [-0.39, 0.29) is 71.8 Å². The second kappa shape index (κ2) is 10.6. The lowest BCUT2D eigenvalue weighted by molar-refractivity contribution is -0.140. The van der Waals surface area contributed by atoms with Crippen molar-refractivity contribution in [1.82, 2.24) is 15.5 Å². The molecule has 0 spiro atoms. The van der Waals surface area contributed by atoms with Crippen molar-refractivity contribution in [2.24, 2.45) is 28.7 Å². The highest BCUT2D eigenvalue weighted by Gasteiger charge is 2.58. The molecule has 1 heterocycles. The number of hydrogen-bond donors (Lipinski definition) is 2. The summed E-state index contributed by atoms with van der Waals surface area (Å²) in [5.41, 5.74) is 0.578. The van der Waals surface area contributed by atoms with Crippen LogP contribution in [0.4, 0.5) is 8.78 Å². The van der Waals surface area contributed by atoms with Crippen LogP contribution in [0.2, 0.25) is 0 Å². The fourth-order valence-corrected chi connectivity index (χ4v) is 4.89. The number of carbonyl (C=O) groups excluding carboxylic acids is 2. The van der Waals surface area contributed by atoms with Crippen LogP contribution in [0.25, 0.3) is 0 Å². The first-order valence-corrected chi connectivity index (χ1v) is 10.5. The Hall–Kier alpha value is -2.24. The second-order valence-electron chi connectivity index (χ2n) is 8.02. The number of halogens is 3. The van der Waals surface area contributed by atoms with E-state index in [1.807, 2.05) is 0 Å². The van der Waals surface area contributed by atoms with E-state index in [1.54, 1.807) is 25.2 Å². The van der Waals surface area contributed by atoms with Gasteiger partial charge in [-0.1, -0.05) is 30.4 Å². The van der Waals surface area contributed by atoms with Crippen LogP contribution in [0.5, 0.6) is 5.75 Å². The maximum Gasteiger partial charge on any atom is 0.387 e. The Labute approximate surface area is 202 Å². The number of amides is 2. The van der Waals surface area contributed by atoms with Crippen LogP contribution in [0.15, 0.2) is 41.4 Å². The van der Waals surface area contributed by atoms with E-state index < -0.39 is 6.61 Å². The number of alkyl halides is 2. The molecule has 2 amide bonds. The van der Waals surface area contributed by atoms with Crippen molar-refractivity contribution >= 4 is 41.8 Å². The van der Waals surface area contributed by atoms with Crippen LogP contribution in [0.3, 0.4) is 0 Å².